The Morgan fingerprint density at radius 2 is 1.83 bits per heavy atom. The Morgan fingerprint density at radius 1 is 1.28 bits per heavy atom. The van der Waals surface area contributed by atoms with E-state index >= 15 is 0 Å². The van der Waals surface area contributed by atoms with Crippen LogP contribution in [0.2, 0.25) is 0 Å². The van der Waals surface area contributed by atoms with Gasteiger partial charge in [-0.2, -0.15) is 5.26 Å². The number of rotatable bonds is 4. The molecule has 0 bridgehead atoms. The normalized spacial score (nSPS) is 20.8. The second-order valence-corrected chi connectivity index (χ2v) is 5.84. The maximum absolute atomic E-state index is 12.4. The monoisotopic (exact) mass is 250 g/mol. The van der Waals surface area contributed by atoms with Gasteiger partial charge in [-0.05, 0) is 25.2 Å². The quantitative estimate of drug-likeness (QED) is 0.777. The summed E-state index contributed by atoms with van der Waals surface area (Å²) in [5.74, 6) is 0.382. The van der Waals surface area contributed by atoms with Gasteiger partial charge in [-0.25, -0.2) is 0 Å². The van der Waals surface area contributed by atoms with Crippen LogP contribution in [0.15, 0.2) is 0 Å². The highest BCUT2D eigenvalue weighted by molar-refractivity contribution is 5.85. The van der Waals surface area contributed by atoms with Crippen LogP contribution in [-0.4, -0.2) is 11.9 Å². The summed E-state index contributed by atoms with van der Waals surface area (Å²) < 4.78 is 0. The van der Waals surface area contributed by atoms with Crippen molar-refractivity contribution in [1.82, 2.24) is 5.32 Å². The molecular weight excluding hydrogens is 224 g/mol. The minimum atomic E-state index is -0.765. The lowest BCUT2D eigenvalue weighted by atomic mass is 9.80. The average Bonchev–Trinajstić information content (AvgIpc) is 2.61. The molecule has 102 valence electrons. The summed E-state index contributed by atoms with van der Waals surface area (Å²) >= 11 is 0. The number of nitriles is 1. The number of amides is 1. The SMILES string of the molecule is CCC(NC(=O)C1(C#N)CCCCCC1)C(C)C. The zero-order chi connectivity index (χ0) is 13.6. The zero-order valence-corrected chi connectivity index (χ0v) is 12.0. The Balaban J connectivity index is 2.75. The second kappa shape index (κ2) is 6.78. The van der Waals surface area contributed by atoms with Gasteiger partial charge in [0.25, 0.3) is 0 Å². The van der Waals surface area contributed by atoms with E-state index < -0.39 is 5.41 Å². The molecule has 0 spiro atoms. The van der Waals surface area contributed by atoms with E-state index in [1.54, 1.807) is 0 Å². The molecule has 3 heteroatoms. The van der Waals surface area contributed by atoms with E-state index in [0.29, 0.717) is 5.92 Å². The molecule has 0 radical (unpaired) electrons. The minimum Gasteiger partial charge on any atom is -0.352 e. The summed E-state index contributed by atoms with van der Waals surface area (Å²) in [7, 11) is 0. The van der Waals surface area contributed by atoms with Gasteiger partial charge in [-0.3, -0.25) is 4.79 Å². The minimum absolute atomic E-state index is 0.0348. The molecule has 1 N–H and O–H groups in total. The molecule has 1 aliphatic carbocycles. The molecule has 0 aromatic rings. The molecule has 0 saturated heterocycles. The van der Waals surface area contributed by atoms with Gasteiger partial charge in [0.1, 0.15) is 5.41 Å². The molecule has 1 aliphatic rings. The van der Waals surface area contributed by atoms with E-state index in [0.717, 1.165) is 44.9 Å². The molecular formula is C15H26N2O. The van der Waals surface area contributed by atoms with Gasteiger partial charge in [-0.1, -0.05) is 46.5 Å². The smallest absolute Gasteiger partial charge is 0.240 e. The summed E-state index contributed by atoms with van der Waals surface area (Å²) in [6.45, 7) is 6.30. The van der Waals surface area contributed by atoms with Gasteiger partial charge in [-0.15, -0.1) is 0 Å². The maximum Gasteiger partial charge on any atom is 0.240 e. The molecule has 1 fully saturated rings. The summed E-state index contributed by atoms with van der Waals surface area (Å²) in [6.07, 6.45) is 6.67. The Labute approximate surface area is 111 Å². The maximum atomic E-state index is 12.4. The number of nitrogens with zero attached hydrogens (tertiary/aromatic N) is 1. The van der Waals surface area contributed by atoms with Crippen molar-refractivity contribution in [1.29, 1.82) is 5.26 Å². The van der Waals surface area contributed by atoms with Gasteiger partial charge in [0.2, 0.25) is 5.91 Å². The van der Waals surface area contributed by atoms with Gasteiger partial charge in [0, 0.05) is 6.04 Å². The Bertz CT molecular complexity index is 309. The Hall–Kier alpha value is -1.04. The van der Waals surface area contributed by atoms with E-state index in [-0.39, 0.29) is 11.9 Å². The van der Waals surface area contributed by atoms with Crippen LogP contribution in [-0.2, 0) is 4.79 Å². The van der Waals surface area contributed by atoms with Crippen molar-refractivity contribution in [3.05, 3.63) is 0 Å². The third-order valence-electron chi connectivity index (χ3n) is 4.17. The molecule has 3 nitrogen and oxygen atoms in total. The van der Waals surface area contributed by atoms with E-state index in [1.807, 2.05) is 0 Å². The van der Waals surface area contributed by atoms with Crippen LogP contribution in [0.5, 0.6) is 0 Å². The van der Waals surface area contributed by atoms with Crippen molar-refractivity contribution in [2.45, 2.75) is 71.8 Å². The van der Waals surface area contributed by atoms with Crippen LogP contribution in [0, 0.1) is 22.7 Å². The standard InChI is InChI=1S/C15H26N2O/c1-4-13(12(2)3)17-14(18)15(11-16)9-7-5-6-8-10-15/h12-13H,4-10H2,1-3H3,(H,17,18). The molecule has 0 heterocycles. The van der Waals surface area contributed by atoms with Crippen molar-refractivity contribution in [2.24, 2.45) is 11.3 Å². The average molecular weight is 250 g/mol. The van der Waals surface area contributed by atoms with Gasteiger partial charge in [0.05, 0.1) is 6.07 Å². The predicted octanol–water partition coefficient (Wildman–Crippen LogP) is 3.40. The summed E-state index contributed by atoms with van der Waals surface area (Å²) in [5, 5.41) is 12.5. The van der Waals surface area contributed by atoms with Gasteiger partial charge in [0.15, 0.2) is 0 Å². The largest absolute Gasteiger partial charge is 0.352 e. The first kappa shape index (κ1) is 15.0. The van der Waals surface area contributed by atoms with Crippen LogP contribution < -0.4 is 5.32 Å². The van der Waals surface area contributed by atoms with Gasteiger partial charge >= 0.3 is 0 Å². The Morgan fingerprint density at radius 3 is 2.22 bits per heavy atom. The molecule has 0 aromatic carbocycles. The Kier molecular flexibility index (Phi) is 5.65. The van der Waals surface area contributed by atoms with Crippen molar-refractivity contribution >= 4 is 5.91 Å². The van der Waals surface area contributed by atoms with Crippen molar-refractivity contribution < 1.29 is 4.79 Å². The fourth-order valence-electron chi connectivity index (χ4n) is 2.77. The molecule has 18 heavy (non-hydrogen) atoms. The second-order valence-electron chi connectivity index (χ2n) is 5.84. The van der Waals surface area contributed by atoms with Crippen molar-refractivity contribution in [3.8, 4) is 6.07 Å². The summed E-state index contributed by atoms with van der Waals surface area (Å²) in [5.41, 5.74) is -0.765. The number of hydrogen-bond donors (Lipinski definition) is 1. The number of hydrogen-bond acceptors (Lipinski definition) is 2. The number of carbonyl (C=O) groups is 1. The lowest BCUT2D eigenvalue weighted by molar-refractivity contribution is -0.129. The van der Waals surface area contributed by atoms with Crippen LogP contribution in [0.25, 0.3) is 0 Å². The number of nitrogens with one attached hydrogen (secondary N) is 1. The summed E-state index contributed by atoms with van der Waals surface area (Å²) in [4.78, 5) is 12.4. The highest BCUT2D eigenvalue weighted by Gasteiger charge is 2.39. The molecule has 0 aromatic heterocycles. The fraction of sp³-hybridized carbons (Fsp3) is 0.867. The molecule has 1 amide bonds. The lowest BCUT2D eigenvalue weighted by Gasteiger charge is -2.28. The molecule has 1 rings (SSSR count). The third kappa shape index (κ3) is 3.48. The highest BCUT2D eigenvalue weighted by Crippen LogP contribution is 2.35. The molecule has 1 unspecified atom stereocenters. The number of carbonyl (C=O) groups excluding carboxylic acids is 1. The first-order valence-corrected chi connectivity index (χ1v) is 7.28. The molecule has 1 saturated carbocycles. The van der Waals surface area contributed by atoms with Crippen LogP contribution >= 0.6 is 0 Å². The molecule has 0 aliphatic heterocycles. The first-order chi connectivity index (χ1) is 8.55. The van der Waals surface area contributed by atoms with E-state index in [2.05, 4.69) is 32.2 Å². The van der Waals surface area contributed by atoms with Gasteiger partial charge < -0.3 is 5.32 Å². The van der Waals surface area contributed by atoms with E-state index in [1.165, 1.54) is 0 Å². The van der Waals surface area contributed by atoms with E-state index in [9.17, 15) is 10.1 Å². The van der Waals surface area contributed by atoms with E-state index in [4.69, 9.17) is 0 Å². The van der Waals surface area contributed by atoms with Crippen LogP contribution in [0.1, 0.15) is 65.7 Å². The van der Waals surface area contributed by atoms with Crippen molar-refractivity contribution in [2.75, 3.05) is 0 Å². The fourth-order valence-corrected chi connectivity index (χ4v) is 2.77. The summed E-state index contributed by atoms with van der Waals surface area (Å²) in [6, 6.07) is 2.50. The molecule has 1 atom stereocenters. The van der Waals surface area contributed by atoms with Crippen LogP contribution in [0.4, 0.5) is 0 Å². The first-order valence-electron chi connectivity index (χ1n) is 7.28. The van der Waals surface area contributed by atoms with Crippen LogP contribution in [0.3, 0.4) is 0 Å². The highest BCUT2D eigenvalue weighted by atomic mass is 16.2. The third-order valence-corrected chi connectivity index (χ3v) is 4.17. The zero-order valence-electron chi connectivity index (χ0n) is 12.0. The van der Waals surface area contributed by atoms with Crippen molar-refractivity contribution in [3.63, 3.8) is 0 Å². The lowest BCUT2D eigenvalue weighted by Crippen LogP contribution is -2.46. The topological polar surface area (TPSA) is 52.9 Å². The predicted molar refractivity (Wildman–Crippen MR) is 72.8 cm³/mol.